The molecular weight excluding hydrogens is 480 g/mol. The Hall–Kier alpha value is -2.44. The van der Waals surface area contributed by atoms with Gasteiger partial charge in [0.05, 0.1) is 52.1 Å². The second-order valence-electron chi connectivity index (χ2n) is 10.2. The van der Waals surface area contributed by atoms with Crippen molar-refractivity contribution in [3.63, 3.8) is 0 Å². The van der Waals surface area contributed by atoms with Crippen molar-refractivity contribution >= 4 is 33.3 Å². The number of nitrogens with zero attached hydrogens (tertiary/aromatic N) is 4. The van der Waals surface area contributed by atoms with Crippen molar-refractivity contribution in [3.05, 3.63) is 23.7 Å². The fourth-order valence-corrected chi connectivity index (χ4v) is 5.72. The van der Waals surface area contributed by atoms with E-state index in [1.54, 1.807) is 20.0 Å². The molecule has 3 aromatic heterocycles. The molecule has 11 heteroatoms. The summed E-state index contributed by atoms with van der Waals surface area (Å²) in [4.78, 5) is 18.6. The van der Waals surface area contributed by atoms with Gasteiger partial charge in [0.15, 0.2) is 0 Å². The third kappa shape index (κ3) is 5.60. The molecule has 3 aromatic rings. The lowest BCUT2D eigenvalue weighted by atomic mass is 9.88. The van der Waals surface area contributed by atoms with Gasteiger partial charge in [0, 0.05) is 18.7 Å². The molecule has 0 amide bonds. The SMILES string of the molecule is Cc1nc(NCCOC(C)C)nc(NC2CC(C(C)(C)O)C(O)C2O)c1-c1nc2c(C)nccc2s1. The Kier molecular flexibility index (Phi) is 7.77. The largest absolute Gasteiger partial charge is 0.390 e. The van der Waals surface area contributed by atoms with Crippen LogP contribution in [-0.2, 0) is 4.74 Å². The first kappa shape index (κ1) is 26.6. The van der Waals surface area contributed by atoms with E-state index in [0.717, 1.165) is 32.2 Å². The lowest BCUT2D eigenvalue weighted by molar-refractivity contribution is -0.0601. The van der Waals surface area contributed by atoms with Crippen LogP contribution in [0, 0.1) is 19.8 Å². The highest BCUT2D eigenvalue weighted by Crippen LogP contribution is 2.40. The molecule has 4 rings (SSSR count). The minimum Gasteiger partial charge on any atom is -0.390 e. The number of ether oxygens (including phenoxy) is 1. The molecule has 1 saturated carbocycles. The zero-order valence-corrected chi connectivity index (χ0v) is 22.4. The van der Waals surface area contributed by atoms with Gasteiger partial charge in [-0.1, -0.05) is 0 Å². The maximum Gasteiger partial charge on any atom is 0.224 e. The smallest absolute Gasteiger partial charge is 0.224 e. The molecule has 0 bridgehead atoms. The maximum absolute atomic E-state index is 10.8. The van der Waals surface area contributed by atoms with Gasteiger partial charge < -0.3 is 30.7 Å². The zero-order chi connectivity index (χ0) is 26.2. The molecule has 36 heavy (non-hydrogen) atoms. The van der Waals surface area contributed by atoms with Gasteiger partial charge in [0.1, 0.15) is 22.4 Å². The Morgan fingerprint density at radius 3 is 2.53 bits per heavy atom. The molecule has 0 saturated heterocycles. The number of hydrogen-bond acceptors (Lipinski definition) is 11. The summed E-state index contributed by atoms with van der Waals surface area (Å²) in [6.45, 7) is 12.1. The summed E-state index contributed by atoms with van der Waals surface area (Å²) in [6.07, 6.45) is 0.145. The molecule has 0 spiro atoms. The van der Waals surface area contributed by atoms with Crippen molar-refractivity contribution in [1.82, 2.24) is 19.9 Å². The average molecular weight is 517 g/mol. The normalized spacial score (nSPS) is 22.5. The van der Waals surface area contributed by atoms with Crippen LogP contribution in [0.4, 0.5) is 11.8 Å². The Balaban J connectivity index is 1.70. The van der Waals surface area contributed by atoms with E-state index in [9.17, 15) is 15.3 Å². The van der Waals surface area contributed by atoms with E-state index in [2.05, 4.69) is 20.6 Å². The summed E-state index contributed by atoms with van der Waals surface area (Å²) >= 11 is 1.52. The molecule has 5 N–H and O–H groups in total. The lowest BCUT2D eigenvalue weighted by Crippen LogP contribution is -2.40. The van der Waals surface area contributed by atoms with E-state index in [-0.39, 0.29) is 6.10 Å². The van der Waals surface area contributed by atoms with Crippen molar-refractivity contribution in [3.8, 4) is 10.6 Å². The lowest BCUT2D eigenvalue weighted by Gasteiger charge is -2.28. The van der Waals surface area contributed by atoms with Crippen molar-refractivity contribution in [2.45, 2.75) is 77.9 Å². The Bertz CT molecular complexity index is 1210. The number of aryl methyl sites for hydroxylation is 2. The molecule has 0 aliphatic heterocycles. The number of aromatic nitrogens is 4. The zero-order valence-electron chi connectivity index (χ0n) is 21.6. The van der Waals surface area contributed by atoms with E-state index in [1.807, 2.05) is 33.8 Å². The fourth-order valence-electron chi connectivity index (χ4n) is 4.61. The van der Waals surface area contributed by atoms with Crippen LogP contribution in [0.2, 0.25) is 0 Å². The van der Waals surface area contributed by atoms with Gasteiger partial charge in [-0.05, 0) is 54.0 Å². The van der Waals surface area contributed by atoms with Crippen LogP contribution in [-0.4, -0.2) is 78.4 Å². The number of aliphatic hydroxyl groups excluding tert-OH is 2. The van der Waals surface area contributed by atoms with Gasteiger partial charge in [0.2, 0.25) is 5.95 Å². The molecule has 1 aliphatic rings. The number of hydrogen-bond donors (Lipinski definition) is 5. The van der Waals surface area contributed by atoms with Gasteiger partial charge in [-0.2, -0.15) is 4.98 Å². The molecule has 3 heterocycles. The fraction of sp³-hybridized carbons (Fsp3) is 0.600. The van der Waals surface area contributed by atoms with E-state index in [4.69, 9.17) is 14.7 Å². The molecule has 0 radical (unpaired) electrons. The maximum atomic E-state index is 10.8. The van der Waals surface area contributed by atoms with Crippen LogP contribution in [0.15, 0.2) is 12.3 Å². The van der Waals surface area contributed by atoms with Crippen LogP contribution in [0.5, 0.6) is 0 Å². The van der Waals surface area contributed by atoms with E-state index >= 15 is 0 Å². The predicted molar refractivity (Wildman–Crippen MR) is 141 cm³/mol. The first-order valence-electron chi connectivity index (χ1n) is 12.3. The predicted octanol–water partition coefficient (Wildman–Crippen LogP) is 2.90. The first-order valence-corrected chi connectivity index (χ1v) is 13.1. The highest BCUT2D eigenvalue weighted by molar-refractivity contribution is 7.21. The molecule has 4 unspecified atom stereocenters. The summed E-state index contributed by atoms with van der Waals surface area (Å²) in [5, 5.41) is 39.2. The number of fused-ring (bicyclic) bond motifs is 1. The first-order chi connectivity index (χ1) is 17.0. The molecule has 196 valence electrons. The van der Waals surface area contributed by atoms with Crippen molar-refractivity contribution in [1.29, 1.82) is 0 Å². The van der Waals surface area contributed by atoms with Crippen molar-refractivity contribution < 1.29 is 20.1 Å². The third-order valence-corrected chi connectivity index (χ3v) is 7.58. The van der Waals surface area contributed by atoms with Crippen molar-refractivity contribution in [2.24, 2.45) is 5.92 Å². The summed E-state index contributed by atoms with van der Waals surface area (Å²) in [6, 6.07) is 1.42. The topological polar surface area (TPSA) is 146 Å². The number of aliphatic hydroxyl groups is 3. The molecule has 10 nitrogen and oxygen atoms in total. The number of pyridine rings is 1. The summed E-state index contributed by atoms with van der Waals surface area (Å²) in [7, 11) is 0. The number of rotatable bonds is 9. The van der Waals surface area contributed by atoms with Crippen LogP contribution in [0.25, 0.3) is 20.8 Å². The van der Waals surface area contributed by atoms with E-state index in [0.29, 0.717) is 31.3 Å². The highest BCUT2D eigenvalue weighted by atomic mass is 32.1. The van der Waals surface area contributed by atoms with Crippen LogP contribution in [0.1, 0.15) is 45.5 Å². The van der Waals surface area contributed by atoms with Crippen LogP contribution in [0.3, 0.4) is 0 Å². The van der Waals surface area contributed by atoms with Gasteiger partial charge in [-0.3, -0.25) is 4.98 Å². The van der Waals surface area contributed by atoms with Gasteiger partial charge in [-0.15, -0.1) is 11.3 Å². The minimum absolute atomic E-state index is 0.130. The monoisotopic (exact) mass is 516 g/mol. The van der Waals surface area contributed by atoms with E-state index < -0.39 is 29.8 Å². The van der Waals surface area contributed by atoms with Gasteiger partial charge >= 0.3 is 0 Å². The summed E-state index contributed by atoms with van der Waals surface area (Å²) in [5.74, 6) is 0.447. The second-order valence-corrected chi connectivity index (χ2v) is 11.2. The Labute approximate surface area is 215 Å². The van der Waals surface area contributed by atoms with Gasteiger partial charge in [0.25, 0.3) is 0 Å². The molecule has 1 aliphatic carbocycles. The van der Waals surface area contributed by atoms with Crippen LogP contribution >= 0.6 is 11.3 Å². The second kappa shape index (κ2) is 10.5. The molecule has 0 aromatic carbocycles. The molecule has 4 atom stereocenters. The standard InChI is InChI=1S/C25H36N6O4S/c1-12(2)35-10-9-27-24-28-13(3)18(23-30-19-14(4)26-8-7-17(19)36-23)22(31-24)29-16-11-15(25(5,6)34)20(32)21(16)33/h7-8,12,15-16,20-21,32-34H,9-11H2,1-6H3,(H2,27,28,29,31). The summed E-state index contributed by atoms with van der Waals surface area (Å²) in [5.41, 5.74) is 1.98. The highest BCUT2D eigenvalue weighted by Gasteiger charge is 2.48. The third-order valence-electron chi connectivity index (χ3n) is 6.54. The number of nitrogens with one attached hydrogen (secondary N) is 2. The molecule has 1 fully saturated rings. The number of anilines is 2. The van der Waals surface area contributed by atoms with E-state index in [1.165, 1.54) is 11.3 Å². The molecular formula is C25H36N6O4S. The van der Waals surface area contributed by atoms with Gasteiger partial charge in [-0.25, -0.2) is 9.97 Å². The Morgan fingerprint density at radius 1 is 1.14 bits per heavy atom. The quantitative estimate of drug-likeness (QED) is 0.269. The number of thiazole rings is 1. The Morgan fingerprint density at radius 2 is 1.89 bits per heavy atom. The van der Waals surface area contributed by atoms with Crippen LogP contribution < -0.4 is 10.6 Å². The van der Waals surface area contributed by atoms with Crippen molar-refractivity contribution in [2.75, 3.05) is 23.8 Å². The minimum atomic E-state index is -1.14. The average Bonchev–Trinajstić information content (AvgIpc) is 3.34. The summed E-state index contributed by atoms with van der Waals surface area (Å²) < 4.78 is 6.62.